The molecule has 0 radical (unpaired) electrons. The standard InChI is InChI=1S/C18H20F3N5O3S/c1-5-30(28,29)12-7-6-10(17(27)22-3)24-14(12)16-25-11-8-13(18(19,20)21)23-9(2)15(11)26(16)4/h6-8,17,22,27H,5H2,1-4H3. The molecule has 0 fully saturated rings. The Morgan fingerprint density at radius 1 is 1.23 bits per heavy atom. The summed E-state index contributed by atoms with van der Waals surface area (Å²) in [6.07, 6.45) is -5.82. The third-order valence-corrected chi connectivity index (χ3v) is 6.44. The number of nitrogens with one attached hydrogen (secondary N) is 1. The molecule has 0 aliphatic carbocycles. The van der Waals surface area contributed by atoms with Crippen LogP contribution in [0.2, 0.25) is 0 Å². The molecule has 3 aromatic rings. The van der Waals surface area contributed by atoms with Gasteiger partial charge in [-0.3, -0.25) is 5.32 Å². The molecule has 0 spiro atoms. The SMILES string of the molecule is CCS(=O)(=O)c1ccc(C(O)NC)nc1-c1nc2cc(C(F)(F)F)nc(C)c2n1C. The van der Waals surface area contributed by atoms with E-state index in [0.29, 0.717) is 5.52 Å². The minimum atomic E-state index is -4.65. The topological polar surface area (TPSA) is 110 Å². The zero-order chi connectivity index (χ0) is 22.4. The van der Waals surface area contributed by atoms with Gasteiger partial charge in [0, 0.05) is 7.05 Å². The van der Waals surface area contributed by atoms with Crippen LogP contribution in [0.5, 0.6) is 0 Å². The number of hydrogen-bond donors (Lipinski definition) is 2. The lowest BCUT2D eigenvalue weighted by molar-refractivity contribution is -0.141. The van der Waals surface area contributed by atoms with Gasteiger partial charge in [0.2, 0.25) is 0 Å². The van der Waals surface area contributed by atoms with Gasteiger partial charge < -0.3 is 9.67 Å². The first kappa shape index (κ1) is 22.1. The van der Waals surface area contributed by atoms with Gasteiger partial charge in [0.15, 0.2) is 15.7 Å². The molecule has 0 amide bonds. The Balaban J connectivity index is 2.36. The Morgan fingerprint density at radius 3 is 2.47 bits per heavy atom. The molecule has 3 heterocycles. The summed E-state index contributed by atoms with van der Waals surface area (Å²) in [5.74, 6) is -0.162. The Morgan fingerprint density at radius 2 is 1.90 bits per heavy atom. The van der Waals surface area contributed by atoms with Crippen molar-refractivity contribution >= 4 is 20.9 Å². The summed E-state index contributed by atoms with van der Waals surface area (Å²) in [5.41, 5.74) is -0.596. The fourth-order valence-corrected chi connectivity index (χ4v) is 4.15. The van der Waals surface area contributed by atoms with Gasteiger partial charge in [0.25, 0.3) is 0 Å². The minimum Gasteiger partial charge on any atom is -0.373 e. The monoisotopic (exact) mass is 443 g/mol. The van der Waals surface area contributed by atoms with Crippen LogP contribution in [-0.2, 0) is 23.1 Å². The molecule has 0 aliphatic heterocycles. The molecule has 0 aliphatic rings. The number of aromatic nitrogens is 4. The number of fused-ring (bicyclic) bond motifs is 1. The lowest BCUT2D eigenvalue weighted by atomic mass is 10.2. The molecule has 0 saturated carbocycles. The minimum absolute atomic E-state index is 0.00791. The number of imidazole rings is 1. The molecule has 2 N–H and O–H groups in total. The van der Waals surface area contributed by atoms with E-state index in [1.54, 1.807) is 0 Å². The van der Waals surface area contributed by atoms with Gasteiger partial charge in [-0.1, -0.05) is 6.92 Å². The van der Waals surface area contributed by atoms with Crippen molar-refractivity contribution in [2.24, 2.45) is 7.05 Å². The highest BCUT2D eigenvalue weighted by molar-refractivity contribution is 7.91. The van der Waals surface area contributed by atoms with E-state index in [1.165, 1.54) is 44.6 Å². The predicted octanol–water partition coefficient (Wildman–Crippen LogP) is 2.36. The Bertz CT molecular complexity index is 1220. The maximum absolute atomic E-state index is 13.1. The summed E-state index contributed by atoms with van der Waals surface area (Å²) >= 11 is 0. The molecule has 162 valence electrons. The summed E-state index contributed by atoms with van der Waals surface area (Å²) in [5, 5.41) is 12.6. The second-order valence-corrected chi connectivity index (χ2v) is 8.88. The molecule has 30 heavy (non-hydrogen) atoms. The van der Waals surface area contributed by atoms with Crippen LogP contribution >= 0.6 is 0 Å². The first-order valence-corrected chi connectivity index (χ1v) is 10.6. The van der Waals surface area contributed by atoms with Gasteiger partial charge in [0.05, 0.1) is 33.1 Å². The maximum atomic E-state index is 13.1. The second-order valence-electron chi connectivity index (χ2n) is 6.63. The van der Waals surface area contributed by atoms with Crippen LogP contribution in [0.4, 0.5) is 13.2 Å². The van der Waals surface area contributed by atoms with E-state index >= 15 is 0 Å². The van der Waals surface area contributed by atoms with Crippen molar-refractivity contribution in [2.75, 3.05) is 12.8 Å². The number of nitrogens with zero attached hydrogens (tertiary/aromatic N) is 4. The van der Waals surface area contributed by atoms with E-state index < -0.39 is 27.9 Å². The normalized spacial score (nSPS) is 13.7. The van der Waals surface area contributed by atoms with Crippen LogP contribution in [0.25, 0.3) is 22.6 Å². The average Bonchev–Trinajstić information content (AvgIpc) is 3.03. The van der Waals surface area contributed by atoms with E-state index in [1.807, 2.05) is 0 Å². The van der Waals surface area contributed by atoms with Gasteiger partial charge in [-0.05, 0) is 32.2 Å². The molecule has 3 aromatic heterocycles. The zero-order valence-electron chi connectivity index (χ0n) is 16.6. The largest absolute Gasteiger partial charge is 0.433 e. The molecule has 8 nitrogen and oxygen atoms in total. The first-order valence-electron chi connectivity index (χ1n) is 8.91. The van der Waals surface area contributed by atoms with Crippen LogP contribution in [-0.4, -0.2) is 45.8 Å². The molecular weight excluding hydrogens is 423 g/mol. The van der Waals surface area contributed by atoms with Crippen LogP contribution in [0, 0.1) is 6.92 Å². The highest BCUT2D eigenvalue weighted by Crippen LogP contribution is 2.34. The van der Waals surface area contributed by atoms with E-state index in [4.69, 9.17) is 0 Å². The van der Waals surface area contributed by atoms with Crippen molar-refractivity contribution < 1.29 is 26.7 Å². The Labute approximate surface area is 170 Å². The number of aryl methyl sites for hydroxylation is 2. The van der Waals surface area contributed by atoms with Crippen molar-refractivity contribution in [3.05, 3.63) is 35.3 Å². The van der Waals surface area contributed by atoms with Gasteiger partial charge >= 0.3 is 6.18 Å². The fourth-order valence-electron chi connectivity index (χ4n) is 3.13. The van der Waals surface area contributed by atoms with Crippen molar-refractivity contribution in [1.82, 2.24) is 24.8 Å². The summed E-state index contributed by atoms with van der Waals surface area (Å²) < 4.78 is 66.1. The molecular formula is C18H20F3N5O3S. The summed E-state index contributed by atoms with van der Waals surface area (Å²) in [6, 6.07) is 3.49. The first-order chi connectivity index (χ1) is 13.9. The zero-order valence-corrected chi connectivity index (χ0v) is 17.4. The van der Waals surface area contributed by atoms with Gasteiger partial charge in [-0.15, -0.1) is 0 Å². The summed E-state index contributed by atoms with van der Waals surface area (Å²) in [4.78, 5) is 12.0. The summed E-state index contributed by atoms with van der Waals surface area (Å²) in [7, 11) is -0.704. The third-order valence-electron chi connectivity index (χ3n) is 4.68. The number of hydrogen-bond acceptors (Lipinski definition) is 7. The Hall–Kier alpha value is -2.57. The van der Waals surface area contributed by atoms with Crippen molar-refractivity contribution in [3.63, 3.8) is 0 Å². The molecule has 1 unspecified atom stereocenters. The van der Waals surface area contributed by atoms with Gasteiger partial charge in [-0.2, -0.15) is 13.2 Å². The van der Waals surface area contributed by atoms with E-state index in [2.05, 4.69) is 20.3 Å². The molecule has 0 bridgehead atoms. The number of pyridine rings is 2. The van der Waals surface area contributed by atoms with E-state index in [9.17, 15) is 26.7 Å². The highest BCUT2D eigenvalue weighted by atomic mass is 32.2. The van der Waals surface area contributed by atoms with E-state index in [-0.39, 0.29) is 39.1 Å². The van der Waals surface area contributed by atoms with Gasteiger partial charge in [-0.25, -0.2) is 23.4 Å². The van der Waals surface area contributed by atoms with Crippen LogP contribution in [0.1, 0.15) is 30.2 Å². The molecule has 12 heteroatoms. The molecule has 0 aromatic carbocycles. The molecule has 0 saturated heterocycles. The predicted molar refractivity (Wildman–Crippen MR) is 103 cm³/mol. The summed E-state index contributed by atoms with van der Waals surface area (Å²) in [6.45, 7) is 2.88. The smallest absolute Gasteiger partial charge is 0.373 e. The van der Waals surface area contributed by atoms with Crippen molar-refractivity contribution in [2.45, 2.75) is 31.1 Å². The van der Waals surface area contributed by atoms with Crippen LogP contribution in [0.3, 0.4) is 0 Å². The van der Waals surface area contributed by atoms with Crippen molar-refractivity contribution in [1.29, 1.82) is 0 Å². The lowest BCUT2D eigenvalue weighted by Gasteiger charge is -2.14. The van der Waals surface area contributed by atoms with Crippen molar-refractivity contribution in [3.8, 4) is 11.5 Å². The fraction of sp³-hybridized carbons (Fsp3) is 0.389. The number of rotatable bonds is 5. The van der Waals surface area contributed by atoms with Crippen LogP contribution < -0.4 is 5.32 Å². The third kappa shape index (κ3) is 3.77. The number of aliphatic hydroxyl groups is 1. The Kier molecular flexibility index (Phi) is 5.60. The average molecular weight is 443 g/mol. The quantitative estimate of drug-likeness (QED) is 0.583. The number of alkyl halides is 3. The number of halogens is 3. The van der Waals surface area contributed by atoms with Gasteiger partial charge in [0.1, 0.15) is 17.6 Å². The highest BCUT2D eigenvalue weighted by Gasteiger charge is 2.34. The van der Waals surface area contributed by atoms with E-state index in [0.717, 1.165) is 6.07 Å². The lowest BCUT2D eigenvalue weighted by Crippen LogP contribution is -2.18. The molecule has 3 rings (SSSR count). The van der Waals surface area contributed by atoms with Crippen LogP contribution in [0.15, 0.2) is 23.1 Å². The second kappa shape index (κ2) is 7.60. The maximum Gasteiger partial charge on any atom is 0.433 e. The number of aliphatic hydroxyl groups excluding tert-OH is 1. The molecule has 1 atom stereocenters. The number of sulfone groups is 1.